The summed E-state index contributed by atoms with van der Waals surface area (Å²) in [5, 5.41) is 3.12. The average Bonchev–Trinajstić information content (AvgIpc) is 2.94. The van der Waals surface area contributed by atoms with Crippen LogP contribution in [0.15, 0.2) is 22.7 Å². The molecule has 5 nitrogen and oxygen atoms in total. The van der Waals surface area contributed by atoms with E-state index in [9.17, 15) is 18.0 Å². The molecule has 152 valence electrons. The molecule has 0 saturated carbocycles. The number of rotatable bonds is 4. The zero-order valence-corrected chi connectivity index (χ0v) is 17.6. The van der Waals surface area contributed by atoms with Crippen LogP contribution in [0.3, 0.4) is 0 Å². The van der Waals surface area contributed by atoms with Crippen LogP contribution < -0.4 is 4.90 Å². The lowest BCUT2D eigenvalue weighted by Crippen LogP contribution is -2.49. The highest BCUT2D eigenvalue weighted by atomic mass is 79.9. The molecule has 1 saturated heterocycles. The monoisotopic (exact) mass is 478 g/mol. The van der Waals surface area contributed by atoms with Crippen LogP contribution in [-0.2, 0) is 11.0 Å². The molecule has 2 heterocycles. The second-order valence-corrected chi connectivity index (χ2v) is 7.93. The van der Waals surface area contributed by atoms with Crippen LogP contribution in [0.4, 0.5) is 18.9 Å². The third-order valence-electron chi connectivity index (χ3n) is 4.91. The Bertz CT molecular complexity index is 878. The van der Waals surface area contributed by atoms with E-state index >= 15 is 0 Å². The second-order valence-electron chi connectivity index (χ2n) is 6.70. The Kier molecular flexibility index (Phi) is 6.07. The van der Waals surface area contributed by atoms with Gasteiger partial charge in [-0.15, -0.1) is 0 Å². The molecule has 3 rings (SSSR count). The van der Waals surface area contributed by atoms with Gasteiger partial charge in [-0.3, -0.25) is 9.69 Å². The zero-order valence-electron chi connectivity index (χ0n) is 15.3. The molecule has 10 heteroatoms. The summed E-state index contributed by atoms with van der Waals surface area (Å²) in [4.78, 5) is 15.7. The van der Waals surface area contributed by atoms with Crippen LogP contribution in [0.25, 0.3) is 0 Å². The van der Waals surface area contributed by atoms with Crippen molar-refractivity contribution in [3.63, 3.8) is 0 Å². The third-order valence-corrected chi connectivity index (χ3v) is 6.26. The number of hydrogen-bond donors (Lipinski definition) is 0. The first-order chi connectivity index (χ1) is 13.1. The van der Waals surface area contributed by atoms with Crippen LogP contribution in [0.5, 0.6) is 0 Å². The minimum Gasteiger partial charge on any atom is -0.369 e. The fraction of sp³-hybridized carbons (Fsp3) is 0.444. The molecule has 1 aromatic heterocycles. The summed E-state index contributed by atoms with van der Waals surface area (Å²) in [7, 11) is 0. The van der Waals surface area contributed by atoms with Gasteiger partial charge in [0.2, 0.25) is 0 Å². The number of halogens is 5. The Balaban J connectivity index is 1.77. The maximum absolute atomic E-state index is 13.1. The number of anilines is 1. The third kappa shape index (κ3) is 4.06. The number of carbonyl (C=O) groups excluding carboxylic acids is 1. The van der Waals surface area contributed by atoms with Crippen molar-refractivity contribution in [1.82, 2.24) is 14.7 Å². The van der Waals surface area contributed by atoms with Gasteiger partial charge in [0.25, 0.3) is 0 Å². The topological polar surface area (TPSA) is 41.4 Å². The summed E-state index contributed by atoms with van der Waals surface area (Å²) >= 11 is 9.30. The minimum atomic E-state index is -4.67. The van der Waals surface area contributed by atoms with Gasteiger partial charge in [-0.05, 0) is 37.6 Å². The van der Waals surface area contributed by atoms with Gasteiger partial charge < -0.3 is 4.90 Å². The molecule has 1 unspecified atom stereocenters. The molecule has 0 N–H and O–H groups in total. The van der Waals surface area contributed by atoms with Crippen molar-refractivity contribution in [2.45, 2.75) is 26.2 Å². The lowest BCUT2D eigenvalue weighted by Gasteiger charge is -2.38. The van der Waals surface area contributed by atoms with Crippen LogP contribution in [0, 0.1) is 13.8 Å². The van der Waals surface area contributed by atoms with Gasteiger partial charge in [0.05, 0.1) is 10.7 Å². The van der Waals surface area contributed by atoms with E-state index in [0.29, 0.717) is 32.5 Å². The largest absolute Gasteiger partial charge is 0.436 e. The van der Waals surface area contributed by atoms with Gasteiger partial charge in [0, 0.05) is 36.3 Å². The Morgan fingerprint density at radius 2 is 1.86 bits per heavy atom. The van der Waals surface area contributed by atoms with Crippen molar-refractivity contribution in [2.75, 3.05) is 31.1 Å². The van der Waals surface area contributed by atoms with Gasteiger partial charge >= 0.3 is 6.18 Å². The van der Waals surface area contributed by atoms with E-state index in [-0.39, 0.29) is 5.69 Å². The molecule has 1 atom stereocenters. The summed E-state index contributed by atoms with van der Waals surface area (Å²) in [5.74, 6) is 0. The van der Waals surface area contributed by atoms with Crippen molar-refractivity contribution in [2.24, 2.45) is 0 Å². The summed E-state index contributed by atoms with van der Waals surface area (Å²) in [6.07, 6.45) is -4.99. The molecule has 1 aliphatic rings. The maximum Gasteiger partial charge on any atom is 0.436 e. The second kappa shape index (κ2) is 8.04. The highest BCUT2D eigenvalue weighted by molar-refractivity contribution is 9.10. The first kappa shape index (κ1) is 21.1. The zero-order chi connectivity index (χ0) is 20.6. The highest BCUT2D eigenvalue weighted by Gasteiger charge is 2.39. The van der Waals surface area contributed by atoms with E-state index in [0.717, 1.165) is 20.4 Å². The standard InChI is InChI=1S/C18H19BrClF3N4O/c1-11-9-13(3-4-14(11)19)25-5-7-26(8-6-25)15(10-28)27-12(2)16(20)17(24-27)18(21,22)23/h3-4,9-10,15H,5-8H2,1-2H3. The number of alkyl halides is 3. The molecule has 0 bridgehead atoms. The number of hydrogen-bond acceptors (Lipinski definition) is 4. The molecule has 1 aliphatic heterocycles. The number of aryl methyl sites for hydroxylation is 1. The van der Waals surface area contributed by atoms with Crippen LogP contribution >= 0.6 is 27.5 Å². The molecule has 0 radical (unpaired) electrons. The van der Waals surface area contributed by atoms with Crippen LogP contribution in [0.1, 0.15) is 23.1 Å². The van der Waals surface area contributed by atoms with E-state index < -0.39 is 23.1 Å². The predicted octanol–water partition coefficient (Wildman–Crippen LogP) is 4.45. The van der Waals surface area contributed by atoms with Crippen molar-refractivity contribution < 1.29 is 18.0 Å². The summed E-state index contributed by atoms with van der Waals surface area (Å²) < 4.78 is 41.3. The first-order valence-corrected chi connectivity index (χ1v) is 9.83. The van der Waals surface area contributed by atoms with Crippen LogP contribution in [0.2, 0.25) is 5.02 Å². The molecule has 2 aromatic rings. The number of carbonyl (C=O) groups is 1. The summed E-state index contributed by atoms with van der Waals surface area (Å²) in [6, 6.07) is 6.07. The SMILES string of the molecule is Cc1cc(N2CCN(C(C=O)n3nc(C(F)(F)F)c(Cl)c3C)CC2)ccc1Br. The van der Waals surface area contributed by atoms with E-state index in [1.807, 2.05) is 24.0 Å². The van der Waals surface area contributed by atoms with E-state index in [2.05, 4.69) is 32.0 Å². The lowest BCUT2D eigenvalue weighted by molar-refractivity contribution is -0.142. The van der Waals surface area contributed by atoms with Crippen molar-refractivity contribution in [3.8, 4) is 0 Å². The number of benzene rings is 1. The summed E-state index contributed by atoms with van der Waals surface area (Å²) in [6.45, 7) is 5.75. The smallest absolute Gasteiger partial charge is 0.369 e. The summed E-state index contributed by atoms with van der Waals surface area (Å²) in [5.41, 5.74) is 1.15. The maximum atomic E-state index is 13.1. The average molecular weight is 480 g/mol. The molecule has 1 fully saturated rings. The van der Waals surface area contributed by atoms with E-state index in [1.54, 1.807) is 0 Å². The molecule has 0 aliphatic carbocycles. The van der Waals surface area contributed by atoms with Gasteiger partial charge in [0.15, 0.2) is 18.1 Å². The van der Waals surface area contributed by atoms with Crippen LogP contribution in [-0.4, -0.2) is 47.1 Å². The lowest BCUT2D eigenvalue weighted by atomic mass is 10.2. The normalized spacial score (nSPS) is 17.0. The van der Waals surface area contributed by atoms with Gasteiger partial charge in [-0.1, -0.05) is 27.5 Å². The van der Waals surface area contributed by atoms with Gasteiger partial charge in [-0.2, -0.15) is 18.3 Å². The Labute approximate surface area is 174 Å². The van der Waals surface area contributed by atoms with E-state index in [1.165, 1.54) is 6.92 Å². The highest BCUT2D eigenvalue weighted by Crippen LogP contribution is 2.36. The fourth-order valence-electron chi connectivity index (χ4n) is 3.31. The first-order valence-electron chi connectivity index (χ1n) is 8.65. The molecular formula is C18H19BrClF3N4O. The Morgan fingerprint density at radius 3 is 2.36 bits per heavy atom. The quantitative estimate of drug-likeness (QED) is 0.608. The number of aromatic nitrogens is 2. The fourth-order valence-corrected chi connectivity index (χ4v) is 3.78. The van der Waals surface area contributed by atoms with Gasteiger partial charge in [0.1, 0.15) is 0 Å². The number of aldehydes is 1. The molecular weight excluding hydrogens is 461 g/mol. The van der Waals surface area contributed by atoms with E-state index in [4.69, 9.17) is 11.6 Å². The molecule has 0 amide bonds. The molecule has 28 heavy (non-hydrogen) atoms. The predicted molar refractivity (Wildman–Crippen MR) is 105 cm³/mol. The van der Waals surface area contributed by atoms with Crippen molar-refractivity contribution >= 4 is 39.5 Å². The Hall–Kier alpha value is -1.58. The molecule has 0 spiro atoms. The molecule has 1 aromatic carbocycles. The number of nitrogens with zero attached hydrogens (tertiary/aromatic N) is 4. The van der Waals surface area contributed by atoms with Crippen molar-refractivity contribution in [3.05, 3.63) is 44.6 Å². The van der Waals surface area contributed by atoms with Crippen molar-refractivity contribution in [1.29, 1.82) is 0 Å². The van der Waals surface area contributed by atoms with Gasteiger partial charge in [-0.25, -0.2) is 4.68 Å². The number of piperazine rings is 1. The Morgan fingerprint density at radius 1 is 1.21 bits per heavy atom. The minimum absolute atomic E-state index is 0.122.